The van der Waals surface area contributed by atoms with Crippen molar-refractivity contribution in [3.63, 3.8) is 0 Å². The average Bonchev–Trinajstić information content (AvgIpc) is 3.60. The largest absolute Gasteiger partial charge is 0.490 e. The molecule has 9 fully saturated rings. The first-order chi connectivity index (χ1) is 16.5. The summed E-state index contributed by atoms with van der Waals surface area (Å²) in [4.78, 5) is 0. The van der Waals surface area contributed by atoms with E-state index in [4.69, 9.17) is 9.47 Å². The highest BCUT2D eigenvalue weighted by Crippen LogP contribution is 2.65. The molecular formula is C32H44O2. The van der Waals surface area contributed by atoms with E-state index in [1.54, 1.807) is 11.1 Å². The molecule has 1 unspecified atom stereocenters. The van der Waals surface area contributed by atoms with Crippen molar-refractivity contribution in [1.29, 1.82) is 0 Å². The number of benzene rings is 1. The molecule has 1 aromatic carbocycles. The molecule has 184 valence electrons. The molecule has 0 N–H and O–H groups in total. The van der Waals surface area contributed by atoms with E-state index in [0.717, 1.165) is 48.7 Å². The third-order valence-corrected chi connectivity index (χ3v) is 11.8. The van der Waals surface area contributed by atoms with Crippen LogP contribution < -0.4 is 4.74 Å². The van der Waals surface area contributed by atoms with Crippen LogP contribution in [0.25, 0.3) is 0 Å². The van der Waals surface area contributed by atoms with Gasteiger partial charge in [0.05, 0.1) is 6.61 Å². The molecule has 2 nitrogen and oxygen atoms in total. The Labute approximate surface area is 206 Å². The number of ether oxygens (including phenoxy) is 2. The fourth-order valence-electron chi connectivity index (χ4n) is 11.2. The molecule has 1 atom stereocenters. The van der Waals surface area contributed by atoms with Gasteiger partial charge in [0.1, 0.15) is 18.5 Å². The van der Waals surface area contributed by atoms with Crippen molar-refractivity contribution in [3.05, 3.63) is 28.8 Å². The van der Waals surface area contributed by atoms with E-state index in [1.807, 2.05) is 0 Å². The van der Waals surface area contributed by atoms with E-state index < -0.39 is 0 Å². The maximum Gasteiger partial charge on any atom is 0.126 e. The Morgan fingerprint density at radius 2 is 1.24 bits per heavy atom. The maximum atomic E-state index is 6.79. The summed E-state index contributed by atoms with van der Waals surface area (Å²) in [5.74, 6) is 7.71. The van der Waals surface area contributed by atoms with Crippen LogP contribution in [0.5, 0.6) is 5.75 Å². The van der Waals surface area contributed by atoms with Gasteiger partial charge in [0.25, 0.3) is 0 Å². The number of hydrogen-bond acceptors (Lipinski definition) is 2. The summed E-state index contributed by atoms with van der Waals surface area (Å²) in [6, 6.07) is 5.43. The molecule has 8 aliphatic carbocycles. The maximum absolute atomic E-state index is 6.79. The van der Waals surface area contributed by atoms with E-state index in [2.05, 4.69) is 26.0 Å². The van der Waals surface area contributed by atoms with E-state index in [9.17, 15) is 0 Å². The molecule has 9 aliphatic rings. The van der Waals surface area contributed by atoms with Gasteiger partial charge < -0.3 is 9.47 Å². The highest BCUT2D eigenvalue weighted by atomic mass is 16.6. The van der Waals surface area contributed by atoms with Crippen LogP contribution in [0.15, 0.2) is 12.1 Å². The van der Waals surface area contributed by atoms with Crippen molar-refractivity contribution in [2.24, 2.45) is 35.5 Å². The molecule has 2 heteroatoms. The summed E-state index contributed by atoms with van der Waals surface area (Å²) in [5, 5.41) is 0. The summed E-state index contributed by atoms with van der Waals surface area (Å²) in [6.45, 7) is 6.44. The molecule has 0 amide bonds. The summed E-state index contributed by atoms with van der Waals surface area (Å²) in [7, 11) is 0. The molecule has 1 aliphatic heterocycles. The van der Waals surface area contributed by atoms with Gasteiger partial charge in [0.15, 0.2) is 0 Å². The van der Waals surface area contributed by atoms with Gasteiger partial charge in [-0.15, -0.1) is 0 Å². The summed E-state index contributed by atoms with van der Waals surface area (Å²) >= 11 is 0. The van der Waals surface area contributed by atoms with Gasteiger partial charge in [0.2, 0.25) is 0 Å². The Balaban J connectivity index is 1.28. The first kappa shape index (κ1) is 21.1. The topological polar surface area (TPSA) is 21.8 Å². The quantitative estimate of drug-likeness (QED) is 0.409. The molecule has 1 heterocycles. The predicted molar refractivity (Wildman–Crippen MR) is 135 cm³/mol. The number of epoxide rings is 1. The minimum absolute atomic E-state index is 0.326. The summed E-state index contributed by atoms with van der Waals surface area (Å²) in [5.41, 5.74) is 5.75. The van der Waals surface area contributed by atoms with Gasteiger partial charge in [-0.3, -0.25) is 0 Å². The van der Waals surface area contributed by atoms with Gasteiger partial charge in [-0.2, -0.15) is 0 Å². The van der Waals surface area contributed by atoms with Crippen molar-refractivity contribution in [1.82, 2.24) is 0 Å². The normalized spacial score (nSPS) is 47.6. The van der Waals surface area contributed by atoms with Crippen molar-refractivity contribution in [3.8, 4) is 5.75 Å². The second kappa shape index (κ2) is 7.27. The Kier molecular flexibility index (Phi) is 4.51. The lowest BCUT2D eigenvalue weighted by Gasteiger charge is -2.59. The van der Waals surface area contributed by atoms with Crippen molar-refractivity contribution in [2.75, 3.05) is 13.2 Å². The monoisotopic (exact) mass is 460 g/mol. The zero-order valence-corrected chi connectivity index (χ0v) is 21.5. The standard InChI is InChI=1S/C32H44O2/c1-19(2)28-9-26(31-11-20-3-21(12-31)5-22(4-20)13-31)10-29(30(28)34-18-27-17-33-27)32-14-23-6-24(15-32)8-25(7-23)16-32/h9-10,19-25,27H,3-8,11-18H2,1-2H3. The van der Waals surface area contributed by atoms with Gasteiger partial charge in [-0.05, 0) is 140 Å². The lowest BCUT2D eigenvalue weighted by Crippen LogP contribution is -2.50. The molecule has 34 heavy (non-hydrogen) atoms. The highest BCUT2D eigenvalue weighted by molar-refractivity contribution is 5.53. The smallest absolute Gasteiger partial charge is 0.126 e. The summed E-state index contributed by atoms with van der Waals surface area (Å²) in [6.07, 6.45) is 18.1. The average molecular weight is 461 g/mol. The molecule has 8 saturated carbocycles. The van der Waals surface area contributed by atoms with E-state index >= 15 is 0 Å². The van der Waals surface area contributed by atoms with Gasteiger partial charge >= 0.3 is 0 Å². The molecule has 8 bridgehead atoms. The van der Waals surface area contributed by atoms with Crippen LogP contribution in [-0.4, -0.2) is 19.3 Å². The van der Waals surface area contributed by atoms with Crippen molar-refractivity contribution >= 4 is 0 Å². The number of rotatable bonds is 6. The molecule has 1 saturated heterocycles. The first-order valence-electron chi connectivity index (χ1n) is 14.9. The fourth-order valence-corrected chi connectivity index (χ4v) is 11.2. The lowest BCUT2D eigenvalue weighted by atomic mass is 9.46. The van der Waals surface area contributed by atoms with E-state index in [0.29, 0.717) is 22.9 Å². The van der Waals surface area contributed by atoms with Gasteiger partial charge in [-0.25, -0.2) is 0 Å². The van der Waals surface area contributed by atoms with Crippen molar-refractivity contribution in [2.45, 2.75) is 114 Å². The molecule has 0 spiro atoms. The van der Waals surface area contributed by atoms with Crippen LogP contribution in [0, 0.1) is 35.5 Å². The third-order valence-electron chi connectivity index (χ3n) is 11.8. The Morgan fingerprint density at radius 3 is 1.68 bits per heavy atom. The zero-order valence-electron chi connectivity index (χ0n) is 21.5. The van der Waals surface area contributed by atoms with Crippen LogP contribution >= 0.6 is 0 Å². The van der Waals surface area contributed by atoms with Crippen LogP contribution in [-0.2, 0) is 15.6 Å². The minimum Gasteiger partial charge on any atom is -0.490 e. The fraction of sp³-hybridized carbons (Fsp3) is 0.812. The van der Waals surface area contributed by atoms with Gasteiger partial charge in [-0.1, -0.05) is 26.0 Å². The third kappa shape index (κ3) is 3.22. The van der Waals surface area contributed by atoms with Crippen molar-refractivity contribution < 1.29 is 9.47 Å². The summed E-state index contributed by atoms with van der Waals surface area (Å²) < 4.78 is 12.4. The highest BCUT2D eigenvalue weighted by Gasteiger charge is 2.55. The molecule has 10 rings (SSSR count). The first-order valence-corrected chi connectivity index (χ1v) is 14.9. The van der Waals surface area contributed by atoms with Crippen LogP contribution in [0.3, 0.4) is 0 Å². The van der Waals surface area contributed by atoms with Crippen LogP contribution in [0.1, 0.15) is 114 Å². The van der Waals surface area contributed by atoms with Crippen LogP contribution in [0.4, 0.5) is 0 Å². The lowest BCUT2D eigenvalue weighted by molar-refractivity contribution is -0.00932. The Hall–Kier alpha value is -1.02. The molecule has 0 aromatic heterocycles. The predicted octanol–water partition coefficient (Wildman–Crippen LogP) is 7.52. The Bertz CT molecular complexity index is 914. The SMILES string of the molecule is CC(C)c1cc(C23CC4CC(CC(C4)C2)C3)cc(C23CC4CC(CC(C4)C2)C3)c1OCC1CO1. The van der Waals surface area contributed by atoms with E-state index in [-0.39, 0.29) is 0 Å². The second-order valence-corrected chi connectivity index (χ2v) is 14.8. The Morgan fingerprint density at radius 1 is 0.765 bits per heavy atom. The van der Waals surface area contributed by atoms with E-state index in [1.165, 1.54) is 88.4 Å². The molecular weight excluding hydrogens is 416 g/mol. The zero-order chi connectivity index (χ0) is 22.7. The van der Waals surface area contributed by atoms with Crippen LogP contribution in [0.2, 0.25) is 0 Å². The molecule has 0 radical (unpaired) electrons. The van der Waals surface area contributed by atoms with Gasteiger partial charge in [0, 0.05) is 5.56 Å². The minimum atomic E-state index is 0.326. The molecule has 1 aromatic rings. The number of hydrogen-bond donors (Lipinski definition) is 0. The second-order valence-electron chi connectivity index (χ2n) is 14.8.